The summed E-state index contributed by atoms with van der Waals surface area (Å²) >= 11 is 1.78. The Morgan fingerprint density at radius 2 is 2.09 bits per heavy atom. The summed E-state index contributed by atoms with van der Waals surface area (Å²) in [7, 11) is 0. The molecule has 1 unspecified atom stereocenters. The highest BCUT2D eigenvalue weighted by Gasteiger charge is 2.30. The zero-order valence-electron chi connectivity index (χ0n) is 13.4. The summed E-state index contributed by atoms with van der Waals surface area (Å²) in [5.74, 6) is 0. The number of rotatable bonds is 4. The number of aromatic nitrogens is 1. The first-order valence-corrected chi connectivity index (χ1v) is 8.75. The Hall–Kier alpha value is -1.23. The molecule has 1 saturated heterocycles. The van der Waals surface area contributed by atoms with Crippen LogP contribution in [-0.2, 0) is 6.54 Å². The molecular formula is C18H24N2OS. The quantitative estimate of drug-likeness (QED) is 0.934. The van der Waals surface area contributed by atoms with E-state index in [0.29, 0.717) is 0 Å². The van der Waals surface area contributed by atoms with Gasteiger partial charge in [-0.3, -0.25) is 4.90 Å². The van der Waals surface area contributed by atoms with Crippen LogP contribution in [0.2, 0.25) is 0 Å². The Balaban J connectivity index is 1.68. The molecule has 4 heteroatoms. The molecule has 22 heavy (non-hydrogen) atoms. The number of likely N-dealkylation sites (tertiary alicyclic amines) is 1. The fraction of sp³-hybridized carbons (Fsp3) is 0.500. The van der Waals surface area contributed by atoms with Crippen LogP contribution >= 0.6 is 11.3 Å². The summed E-state index contributed by atoms with van der Waals surface area (Å²) in [6.45, 7) is 7.60. The summed E-state index contributed by atoms with van der Waals surface area (Å²) in [5, 5.41) is 10.7. The molecule has 0 radical (unpaired) electrons. The van der Waals surface area contributed by atoms with Crippen molar-refractivity contribution < 1.29 is 5.11 Å². The standard InChI is InChI=1S/C18H24N2OS/c1-14-4-6-15(7-5-14)17-19-10-16(22-17)11-20-9-3-8-18(2,12-20)13-21/h4-7,10,21H,3,8-9,11-13H2,1-2H3. The van der Waals surface area contributed by atoms with Crippen LogP contribution in [-0.4, -0.2) is 34.7 Å². The van der Waals surface area contributed by atoms with E-state index in [0.717, 1.165) is 31.1 Å². The molecule has 0 amide bonds. The molecule has 1 N–H and O–H groups in total. The molecule has 1 aliphatic rings. The Labute approximate surface area is 136 Å². The van der Waals surface area contributed by atoms with Gasteiger partial charge in [0.1, 0.15) is 5.01 Å². The van der Waals surface area contributed by atoms with Gasteiger partial charge in [-0.05, 0) is 26.3 Å². The van der Waals surface area contributed by atoms with E-state index in [1.54, 1.807) is 11.3 Å². The van der Waals surface area contributed by atoms with Gasteiger partial charge in [0, 0.05) is 41.7 Å². The lowest BCUT2D eigenvalue weighted by Gasteiger charge is -2.39. The van der Waals surface area contributed by atoms with Gasteiger partial charge in [-0.25, -0.2) is 4.98 Å². The predicted molar refractivity (Wildman–Crippen MR) is 92.0 cm³/mol. The van der Waals surface area contributed by atoms with Crippen molar-refractivity contribution in [2.24, 2.45) is 5.41 Å². The van der Waals surface area contributed by atoms with E-state index >= 15 is 0 Å². The average molecular weight is 316 g/mol. The second kappa shape index (κ2) is 6.49. The number of aryl methyl sites for hydroxylation is 1. The molecule has 2 aromatic rings. The topological polar surface area (TPSA) is 36.4 Å². The van der Waals surface area contributed by atoms with Gasteiger partial charge in [-0.2, -0.15) is 0 Å². The molecule has 3 rings (SSSR count). The highest BCUT2D eigenvalue weighted by atomic mass is 32.1. The van der Waals surface area contributed by atoms with Gasteiger partial charge in [0.25, 0.3) is 0 Å². The lowest BCUT2D eigenvalue weighted by molar-refractivity contribution is 0.0434. The minimum absolute atomic E-state index is 0.0583. The fourth-order valence-corrected chi connectivity index (χ4v) is 4.08. The van der Waals surface area contributed by atoms with E-state index in [-0.39, 0.29) is 12.0 Å². The maximum atomic E-state index is 9.57. The molecular weight excluding hydrogens is 292 g/mol. The number of aliphatic hydroxyl groups is 1. The van der Waals surface area contributed by atoms with E-state index in [1.807, 2.05) is 6.20 Å². The van der Waals surface area contributed by atoms with Crippen molar-refractivity contribution in [3.63, 3.8) is 0 Å². The molecule has 0 bridgehead atoms. The fourth-order valence-electron chi connectivity index (χ4n) is 3.12. The lowest BCUT2D eigenvalue weighted by Crippen LogP contribution is -2.42. The Bertz CT molecular complexity index is 622. The largest absolute Gasteiger partial charge is 0.396 e. The maximum Gasteiger partial charge on any atom is 0.123 e. The van der Waals surface area contributed by atoms with Crippen LogP contribution in [0.3, 0.4) is 0 Å². The second-order valence-corrected chi connectivity index (χ2v) is 7.90. The van der Waals surface area contributed by atoms with Crippen molar-refractivity contribution >= 4 is 11.3 Å². The highest BCUT2D eigenvalue weighted by Crippen LogP contribution is 2.31. The summed E-state index contributed by atoms with van der Waals surface area (Å²) in [4.78, 5) is 8.33. The van der Waals surface area contributed by atoms with Crippen molar-refractivity contribution in [2.45, 2.75) is 33.2 Å². The lowest BCUT2D eigenvalue weighted by atomic mass is 9.83. The summed E-state index contributed by atoms with van der Waals surface area (Å²) in [6, 6.07) is 8.55. The molecule has 0 spiro atoms. The van der Waals surface area contributed by atoms with Gasteiger partial charge >= 0.3 is 0 Å². The van der Waals surface area contributed by atoms with Crippen molar-refractivity contribution in [2.75, 3.05) is 19.7 Å². The van der Waals surface area contributed by atoms with Crippen molar-refractivity contribution in [3.05, 3.63) is 40.9 Å². The molecule has 3 nitrogen and oxygen atoms in total. The van der Waals surface area contributed by atoms with Crippen LogP contribution in [0.5, 0.6) is 0 Å². The van der Waals surface area contributed by atoms with Crippen LogP contribution in [0.4, 0.5) is 0 Å². The van der Waals surface area contributed by atoms with Gasteiger partial charge in [-0.15, -0.1) is 11.3 Å². The summed E-state index contributed by atoms with van der Waals surface area (Å²) < 4.78 is 0. The molecule has 0 saturated carbocycles. The maximum absolute atomic E-state index is 9.57. The van der Waals surface area contributed by atoms with Crippen LogP contribution in [0.1, 0.15) is 30.2 Å². The molecule has 1 atom stereocenters. The Morgan fingerprint density at radius 1 is 1.32 bits per heavy atom. The molecule has 1 aromatic carbocycles. The zero-order chi connectivity index (χ0) is 15.6. The van der Waals surface area contributed by atoms with Crippen LogP contribution in [0.15, 0.2) is 30.5 Å². The number of piperidine rings is 1. The monoisotopic (exact) mass is 316 g/mol. The number of hydrogen-bond donors (Lipinski definition) is 1. The number of nitrogens with zero attached hydrogens (tertiary/aromatic N) is 2. The first-order valence-electron chi connectivity index (χ1n) is 7.93. The third-order valence-electron chi connectivity index (χ3n) is 4.47. The third kappa shape index (κ3) is 3.57. The smallest absolute Gasteiger partial charge is 0.123 e. The van der Waals surface area contributed by atoms with E-state index in [2.05, 4.69) is 48.0 Å². The second-order valence-electron chi connectivity index (χ2n) is 6.78. The Morgan fingerprint density at radius 3 is 2.82 bits per heavy atom. The number of hydrogen-bond acceptors (Lipinski definition) is 4. The molecule has 1 aromatic heterocycles. The highest BCUT2D eigenvalue weighted by molar-refractivity contribution is 7.15. The molecule has 118 valence electrons. The minimum Gasteiger partial charge on any atom is -0.396 e. The van der Waals surface area contributed by atoms with E-state index in [4.69, 9.17) is 0 Å². The van der Waals surface area contributed by atoms with E-state index in [1.165, 1.54) is 22.4 Å². The van der Waals surface area contributed by atoms with Crippen LogP contribution in [0.25, 0.3) is 10.6 Å². The Kier molecular flexibility index (Phi) is 4.62. The molecule has 1 aliphatic heterocycles. The van der Waals surface area contributed by atoms with Crippen LogP contribution < -0.4 is 0 Å². The van der Waals surface area contributed by atoms with E-state index < -0.39 is 0 Å². The molecule has 2 heterocycles. The summed E-state index contributed by atoms with van der Waals surface area (Å²) in [6.07, 6.45) is 4.29. The van der Waals surface area contributed by atoms with Crippen molar-refractivity contribution in [3.8, 4) is 10.6 Å². The molecule has 1 fully saturated rings. The van der Waals surface area contributed by atoms with Crippen molar-refractivity contribution in [1.29, 1.82) is 0 Å². The third-order valence-corrected chi connectivity index (χ3v) is 5.50. The number of thiazole rings is 1. The number of benzene rings is 1. The molecule has 0 aliphatic carbocycles. The van der Waals surface area contributed by atoms with Gasteiger partial charge in [0.15, 0.2) is 0 Å². The zero-order valence-corrected chi connectivity index (χ0v) is 14.2. The van der Waals surface area contributed by atoms with Crippen LogP contribution in [0, 0.1) is 12.3 Å². The first-order chi connectivity index (χ1) is 10.6. The van der Waals surface area contributed by atoms with Gasteiger partial charge in [0.05, 0.1) is 0 Å². The predicted octanol–water partition coefficient (Wildman–Crippen LogP) is 3.71. The normalized spacial score (nSPS) is 22.9. The number of aliphatic hydroxyl groups excluding tert-OH is 1. The van der Waals surface area contributed by atoms with Crippen molar-refractivity contribution in [1.82, 2.24) is 9.88 Å². The van der Waals surface area contributed by atoms with E-state index in [9.17, 15) is 5.11 Å². The van der Waals surface area contributed by atoms with Gasteiger partial charge in [-0.1, -0.05) is 36.8 Å². The average Bonchev–Trinajstić information content (AvgIpc) is 2.96. The SMILES string of the molecule is Cc1ccc(-c2ncc(CN3CCCC(C)(CO)C3)s2)cc1. The van der Waals surface area contributed by atoms with Gasteiger partial charge in [0.2, 0.25) is 0 Å². The first kappa shape index (κ1) is 15.7. The van der Waals surface area contributed by atoms with Gasteiger partial charge < -0.3 is 5.11 Å². The summed E-state index contributed by atoms with van der Waals surface area (Å²) in [5.41, 5.74) is 2.53. The minimum atomic E-state index is 0.0583.